The summed E-state index contributed by atoms with van der Waals surface area (Å²) in [4.78, 5) is 18.8. The summed E-state index contributed by atoms with van der Waals surface area (Å²) in [6.07, 6.45) is 2.26. The van der Waals surface area contributed by atoms with Crippen molar-refractivity contribution < 1.29 is 23.0 Å². The Bertz CT molecular complexity index is 655. The van der Waals surface area contributed by atoms with Gasteiger partial charge in [0.25, 0.3) is 5.88 Å². The molecule has 0 unspecified atom stereocenters. The molecule has 0 aromatic carbocycles. The van der Waals surface area contributed by atoms with Crippen LogP contribution in [0.2, 0.25) is 0 Å². The highest BCUT2D eigenvalue weighted by molar-refractivity contribution is 6.20. The predicted molar refractivity (Wildman–Crippen MR) is 98.1 cm³/mol. The summed E-state index contributed by atoms with van der Waals surface area (Å²) in [6.45, 7) is 7.34. The fourth-order valence-electron chi connectivity index (χ4n) is 2.93. The highest BCUT2D eigenvalue weighted by atomic mass is 35.5. The number of carbonyl (C=O) groups is 1. The molecule has 0 spiro atoms. The summed E-state index contributed by atoms with van der Waals surface area (Å²) in [5, 5.41) is 3.08. The molecular formula is C18H26ClF2N3O3. The van der Waals surface area contributed by atoms with Crippen LogP contribution in [0, 0.1) is 11.3 Å². The van der Waals surface area contributed by atoms with Gasteiger partial charge in [0.1, 0.15) is 6.61 Å². The fraction of sp³-hybridized carbons (Fsp3) is 0.667. The van der Waals surface area contributed by atoms with E-state index < -0.39 is 11.0 Å². The SMILES string of the molecule is C[C@H]1CN(C)CC[C@@H]1NC(=O)C(C)(C)COc1ncccc1OC(F)(F)Cl. The molecule has 1 saturated heterocycles. The first-order valence-electron chi connectivity index (χ1n) is 8.81. The van der Waals surface area contributed by atoms with Crippen molar-refractivity contribution in [2.45, 2.75) is 38.8 Å². The minimum Gasteiger partial charge on any atom is -0.474 e. The first-order chi connectivity index (χ1) is 12.5. The van der Waals surface area contributed by atoms with E-state index in [1.807, 2.05) is 0 Å². The lowest BCUT2D eigenvalue weighted by Gasteiger charge is -2.37. The first kappa shape index (κ1) is 21.6. The first-order valence-corrected chi connectivity index (χ1v) is 9.19. The number of nitrogens with one attached hydrogen (secondary N) is 1. The molecule has 0 saturated carbocycles. The lowest BCUT2D eigenvalue weighted by atomic mass is 9.89. The third-order valence-corrected chi connectivity index (χ3v) is 4.65. The summed E-state index contributed by atoms with van der Waals surface area (Å²) < 4.78 is 35.7. The van der Waals surface area contributed by atoms with Crippen molar-refractivity contribution in [3.63, 3.8) is 0 Å². The number of aromatic nitrogens is 1. The zero-order valence-electron chi connectivity index (χ0n) is 16.0. The highest BCUT2D eigenvalue weighted by Gasteiger charge is 2.34. The van der Waals surface area contributed by atoms with Gasteiger partial charge in [0, 0.05) is 30.4 Å². The molecule has 1 amide bonds. The van der Waals surface area contributed by atoms with Gasteiger partial charge in [0.05, 0.1) is 5.41 Å². The molecule has 0 bridgehead atoms. The average molecular weight is 406 g/mol. The summed E-state index contributed by atoms with van der Waals surface area (Å²) in [5.41, 5.74) is -4.76. The van der Waals surface area contributed by atoms with Crippen molar-refractivity contribution in [2.75, 3.05) is 26.7 Å². The smallest absolute Gasteiger partial charge is 0.474 e. The number of amides is 1. The fourth-order valence-corrected chi connectivity index (χ4v) is 3.02. The van der Waals surface area contributed by atoms with Gasteiger partial charge >= 0.3 is 5.57 Å². The van der Waals surface area contributed by atoms with Crippen LogP contribution in [0.3, 0.4) is 0 Å². The van der Waals surface area contributed by atoms with Crippen LogP contribution in [-0.2, 0) is 4.79 Å². The Labute approximate surface area is 163 Å². The number of likely N-dealkylation sites (tertiary alicyclic amines) is 1. The van der Waals surface area contributed by atoms with Gasteiger partial charge in [0.15, 0.2) is 5.75 Å². The molecule has 152 valence electrons. The molecule has 27 heavy (non-hydrogen) atoms. The quantitative estimate of drug-likeness (QED) is 0.706. The minimum atomic E-state index is -3.88. The molecule has 0 radical (unpaired) electrons. The highest BCUT2D eigenvalue weighted by Crippen LogP contribution is 2.32. The topological polar surface area (TPSA) is 63.7 Å². The molecule has 1 aromatic heterocycles. The number of alkyl halides is 3. The molecule has 1 fully saturated rings. The summed E-state index contributed by atoms with van der Waals surface area (Å²) in [7, 11) is 2.06. The zero-order valence-corrected chi connectivity index (χ0v) is 16.7. The van der Waals surface area contributed by atoms with Gasteiger partial charge in [-0.3, -0.25) is 4.79 Å². The van der Waals surface area contributed by atoms with Gasteiger partial charge in [-0.25, -0.2) is 4.98 Å². The molecule has 2 rings (SSSR count). The molecular weight excluding hydrogens is 380 g/mol. The number of ether oxygens (including phenoxy) is 2. The Morgan fingerprint density at radius 2 is 2.19 bits per heavy atom. The van der Waals surface area contributed by atoms with Crippen LogP contribution < -0.4 is 14.8 Å². The lowest BCUT2D eigenvalue weighted by Crippen LogP contribution is -2.52. The van der Waals surface area contributed by atoms with Crippen LogP contribution in [-0.4, -0.2) is 54.1 Å². The van der Waals surface area contributed by atoms with Crippen molar-refractivity contribution in [1.29, 1.82) is 0 Å². The van der Waals surface area contributed by atoms with Crippen molar-refractivity contribution in [3.05, 3.63) is 18.3 Å². The molecule has 1 aromatic rings. The zero-order chi connectivity index (χ0) is 20.2. The number of rotatable bonds is 7. The Kier molecular flexibility index (Phi) is 6.86. The second-order valence-corrected chi connectivity index (χ2v) is 8.08. The normalized spacial score (nSPS) is 21.6. The van der Waals surface area contributed by atoms with E-state index in [9.17, 15) is 13.6 Å². The number of hydrogen-bond acceptors (Lipinski definition) is 5. The van der Waals surface area contributed by atoms with Crippen LogP contribution in [0.4, 0.5) is 8.78 Å². The molecule has 2 heterocycles. The molecule has 1 N–H and O–H groups in total. The molecule has 1 aliphatic heterocycles. The monoisotopic (exact) mass is 405 g/mol. The molecule has 2 atom stereocenters. The Balaban J connectivity index is 1.97. The number of piperidine rings is 1. The van der Waals surface area contributed by atoms with Gasteiger partial charge in [0.2, 0.25) is 5.91 Å². The number of hydrogen-bond donors (Lipinski definition) is 1. The van der Waals surface area contributed by atoms with Crippen molar-refractivity contribution in [2.24, 2.45) is 11.3 Å². The maximum absolute atomic E-state index is 12.9. The number of pyridine rings is 1. The molecule has 9 heteroatoms. The van der Waals surface area contributed by atoms with Crippen LogP contribution in [0.15, 0.2) is 18.3 Å². The van der Waals surface area contributed by atoms with Crippen LogP contribution in [0.25, 0.3) is 0 Å². The molecule has 1 aliphatic rings. The summed E-state index contributed by atoms with van der Waals surface area (Å²) in [5.74, 6) is -0.264. The van der Waals surface area contributed by atoms with Crippen LogP contribution >= 0.6 is 11.6 Å². The lowest BCUT2D eigenvalue weighted by molar-refractivity contribution is -0.132. The standard InChI is InChI=1S/C18H26ClF2N3O3/c1-12-10-24(4)9-7-13(12)23-16(25)17(2,3)11-26-15-14(6-5-8-22-15)27-18(19,20)21/h5-6,8,12-13H,7,9-11H2,1-4H3,(H,23,25)/t12-,13-/m0/s1. The van der Waals surface area contributed by atoms with E-state index in [2.05, 4.69) is 33.9 Å². The number of halogens is 3. The Hall–Kier alpha value is -1.67. The predicted octanol–water partition coefficient (Wildman–Crippen LogP) is 3.11. The summed E-state index contributed by atoms with van der Waals surface area (Å²) in [6, 6.07) is 2.78. The Morgan fingerprint density at radius 3 is 2.81 bits per heavy atom. The van der Waals surface area contributed by atoms with E-state index in [0.29, 0.717) is 5.92 Å². The largest absolute Gasteiger partial charge is 0.487 e. The maximum atomic E-state index is 12.9. The van der Waals surface area contributed by atoms with E-state index in [-0.39, 0.29) is 30.2 Å². The van der Waals surface area contributed by atoms with Gasteiger partial charge < -0.3 is 19.7 Å². The Morgan fingerprint density at radius 1 is 1.48 bits per heavy atom. The van der Waals surface area contributed by atoms with Crippen molar-refractivity contribution in [1.82, 2.24) is 15.2 Å². The number of carbonyl (C=O) groups excluding carboxylic acids is 1. The minimum absolute atomic E-state index is 0.0545. The average Bonchev–Trinajstić information content (AvgIpc) is 2.55. The third kappa shape index (κ3) is 6.46. The molecule has 0 aliphatic carbocycles. The van der Waals surface area contributed by atoms with Gasteiger partial charge in [-0.15, -0.1) is 8.78 Å². The van der Waals surface area contributed by atoms with E-state index >= 15 is 0 Å². The van der Waals surface area contributed by atoms with Crippen LogP contribution in [0.1, 0.15) is 27.2 Å². The van der Waals surface area contributed by atoms with E-state index in [0.717, 1.165) is 19.5 Å². The van der Waals surface area contributed by atoms with E-state index in [1.54, 1.807) is 13.8 Å². The van der Waals surface area contributed by atoms with Crippen LogP contribution in [0.5, 0.6) is 11.6 Å². The van der Waals surface area contributed by atoms with Crippen molar-refractivity contribution in [3.8, 4) is 11.6 Å². The van der Waals surface area contributed by atoms with Gasteiger partial charge in [-0.1, -0.05) is 6.92 Å². The van der Waals surface area contributed by atoms with Crippen molar-refractivity contribution >= 4 is 17.5 Å². The second kappa shape index (κ2) is 8.56. The van der Waals surface area contributed by atoms with Gasteiger partial charge in [-0.05, 0) is 51.9 Å². The van der Waals surface area contributed by atoms with Gasteiger partial charge in [-0.2, -0.15) is 0 Å². The summed E-state index contributed by atoms with van der Waals surface area (Å²) >= 11 is 4.81. The number of nitrogens with zero attached hydrogens (tertiary/aromatic N) is 2. The molecule has 6 nitrogen and oxygen atoms in total. The second-order valence-electron chi connectivity index (χ2n) is 7.64. The van der Waals surface area contributed by atoms with E-state index in [1.165, 1.54) is 18.3 Å². The van der Waals surface area contributed by atoms with E-state index in [4.69, 9.17) is 16.3 Å². The maximum Gasteiger partial charge on any atom is 0.487 e. The third-order valence-electron chi connectivity index (χ3n) is 4.57.